The number of anilines is 1. The van der Waals surface area contributed by atoms with Crippen molar-refractivity contribution in [1.29, 1.82) is 0 Å². The first-order valence-electron chi connectivity index (χ1n) is 6.69. The Morgan fingerprint density at radius 3 is 2.95 bits per heavy atom. The summed E-state index contributed by atoms with van der Waals surface area (Å²) in [6, 6.07) is 8.34. The van der Waals surface area contributed by atoms with Crippen molar-refractivity contribution in [3.63, 3.8) is 0 Å². The Morgan fingerprint density at radius 1 is 1.45 bits per heavy atom. The number of fused-ring (bicyclic) bond motifs is 1. The third kappa shape index (κ3) is 2.26. The number of nitrogens with one attached hydrogen (secondary N) is 1. The molecule has 0 bridgehead atoms. The first kappa shape index (κ1) is 13.4. The molecule has 0 unspecified atom stereocenters. The van der Waals surface area contributed by atoms with Crippen LogP contribution < -0.4 is 5.32 Å². The van der Waals surface area contributed by atoms with Gasteiger partial charge in [-0.2, -0.15) is 5.10 Å². The van der Waals surface area contributed by atoms with Gasteiger partial charge in [-0.3, -0.25) is 4.79 Å². The van der Waals surface area contributed by atoms with Crippen LogP contribution in [-0.2, 0) is 4.79 Å². The van der Waals surface area contributed by atoms with Crippen LogP contribution in [0.15, 0.2) is 34.9 Å². The van der Waals surface area contributed by atoms with Gasteiger partial charge in [0.05, 0.1) is 6.20 Å². The Morgan fingerprint density at radius 2 is 2.25 bits per heavy atom. The van der Waals surface area contributed by atoms with E-state index in [1.165, 1.54) is 0 Å². The number of halogens is 1. The zero-order valence-electron chi connectivity index (χ0n) is 11.4. The maximum atomic E-state index is 12.0. The maximum Gasteiger partial charge on any atom is 0.226 e. The summed E-state index contributed by atoms with van der Waals surface area (Å²) in [5.41, 5.74) is 2.23. The van der Waals surface area contributed by atoms with Gasteiger partial charge < -0.3 is 5.32 Å². The molecule has 0 spiro atoms. The normalized spacial score (nSPS) is 18.0. The lowest BCUT2D eigenvalue weighted by molar-refractivity contribution is -0.116. The van der Waals surface area contributed by atoms with Crippen molar-refractivity contribution in [1.82, 2.24) is 9.78 Å². The van der Waals surface area contributed by atoms with Gasteiger partial charge in [-0.05, 0) is 31.5 Å². The molecule has 0 fully saturated rings. The Kier molecular flexibility index (Phi) is 3.38. The van der Waals surface area contributed by atoms with E-state index in [0.717, 1.165) is 21.4 Å². The number of carbonyl (C=O) groups is 1. The predicted molar refractivity (Wildman–Crippen MR) is 81.8 cm³/mol. The average Bonchev–Trinajstić information content (AvgIpc) is 2.81. The largest absolute Gasteiger partial charge is 0.311 e. The Hall–Kier alpha value is -1.62. The molecule has 104 valence electrons. The fraction of sp³-hybridized carbons (Fsp3) is 0.333. The molecular weight excluding hydrogens is 318 g/mol. The van der Waals surface area contributed by atoms with E-state index >= 15 is 0 Å². The average molecular weight is 334 g/mol. The maximum absolute atomic E-state index is 12.0. The van der Waals surface area contributed by atoms with Crippen LogP contribution in [0.1, 0.15) is 43.4 Å². The van der Waals surface area contributed by atoms with E-state index in [1.807, 2.05) is 23.0 Å². The molecule has 1 aliphatic rings. The second-order valence-corrected chi connectivity index (χ2v) is 6.26. The minimum absolute atomic E-state index is 0.0462. The van der Waals surface area contributed by atoms with E-state index in [-0.39, 0.29) is 17.9 Å². The van der Waals surface area contributed by atoms with Crippen LogP contribution in [0.5, 0.6) is 0 Å². The van der Waals surface area contributed by atoms with E-state index in [1.54, 1.807) is 0 Å². The van der Waals surface area contributed by atoms with Crippen LogP contribution in [0, 0.1) is 0 Å². The second-order valence-electron chi connectivity index (χ2n) is 5.35. The van der Waals surface area contributed by atoms with Gasteiger partial charge in [0.2, 0.25) is 5.91 Å². The van der Waals surface area contributed by atoms with Crippen LogP contribution in [0.25, 0.3) is 0 Å². The van der Waals surface area contributed by atoms with E-state index < -0.39 is 0 Å². The third-order valence-corrected chi connectivity index (χ3v) is 4.08. The first-order valence-corrected chi connectivity index (χ1v) is 7.48. The van der Waals surface area contributed by atoms with Crippen LogP contribution in [0.2, 0.25) is 0 Å². The molecule has 1 atom stereocenters. The van der Waals surface area contributed by atoms with Gasteiger partial charge >= 0.3 is 0 Å². The van der Waals surface area contributed by atoms with Crippen LogP contribution in [0.3, 0.4) is 0 Å². The molecule has 1 aromatic heterocycles. The van der Waals surface area contributed by atoms with E-state index in [0.29, 0.717) is 6.42 Å². The number of rotatable bonds is 2. The van der Waals surface area contributed by atoms with Crippen molar-refractivity contribution in [3.05, 3.63) is 46.1 Å². The molecule has 2 aromatic rings. The van der Waals surface area contributed by atoms with Gasteiger partial charge in [0.15, 0.2) is 0 Å². The molecule has 1 N–H and O–H groups in total. The summed E-state index contributed by atoms with van der Waals surface area (Å²) in [5.74, 6) is 0.954. The smallest absolute Gasteiger partial charge is 0.226 e. The van der Waals surface area contributed by atoms with Gasteiger partial charge in [-0.15, -0.1) is 0 Å². The lowest BCUT2D eigenvalue weighted by Crippen LogP contribution is -2.25. The molecule has 1 aliphatic heterocycles. The van der Waals surface area contributed by atoms with Crippen molar-refractivity contribution in [2.45, 2.75) is 32.2 Å². The second kappa shape index (κ2) is 5.05. The first-order chi connectivity index (χ1) is 9.56. The van der Waals surface area contributed by atoms with Crippen LogP contribution in [0.4, 0.5) is 5.82 Å². The molecule has 1 amide bonds. The highest BCUT2D eigenvalue weighted by atomic mass is 79.9. The monoisotopic (exact) mass is 333 g/mol. The van der Waals surface area contributed by atoms with Crippen molar-refractivity contribution < 1.29 is 4.79 Å². The summed E-state index contributed by atoms with van der Waals surface area (Å²) in [7, 11) is 0. The highest BCUT2D eigenvalue weighted by Crippen LogP contribution is 2.38. The molecule has 0 saturated carbocycles. The molecule has 0 radical (unpaired) electrons. The lowest BCUT2D eigenvalue weighted by Gasteiger charge is -2.24. The van der Waals surface area contributed by atoms with Crippen LogP contribution in [-0.4, -0.2) is 15.7 Å². The minimum Gasteiger partial charge on any atom is -0.311 e. The van der Waals surface area contributed by atoms with Gasteiger partial charge in [0.1, 0.15) is 5.82 Å². The minimum atomic E-state index is 0.0462. The SMILES string of the molecule is CC(C)n1ncc2c1NC(=O)C[C@@H]2c1cccc(Br)c1. The standard InChI is InChI=1S/C15H16BrN3O/c1-9(2)19-15-13(8-17-19)12(7-14(20)18-15)10-4-3-5-11(16)6-10/h3-6,8-9,12H,7H2,1-2H3,(H,18,20)/t12-/m1/s1. The Bertz CT molecular complexity index is 663. The third-order valence-electron chi connectivity index (χ3n) is 3.59. The summed E-state index contributed by atoms with van der Waals surface area (Å²) in [6.45, 7) is 4.12. The predicted octanol–water partition coefficient (Wildman–Crippen LogP) is 3.70. The van der Waals surface area contributed by atoms with Crippen LogP contribution >= 0.6 is 15.9 Å². The summed E-state index contributed by atoms with van der Waals surface area (Å²) in [4.78, 5) is 12.0. The molecule has 3 rings (SSSR count). The number of carbonyl (C=O) groups excluding carboxylic acids is 1. The zero-order chi connectivity index (χ0) is 14.3. The number of benzene rings is 1. The van der Waals surface area contributed by atoms with Gasteiger partial charge in [-0.25, -0.2) is 4.68 Å². The van der Waals surface area contributed by atoms with Gasteiger partial charge in [0, 0.05) is 28.4 Å². The van der Waals surface area contributed by atoms with Crippen molar-refractivity contribution >= 4 is 27.7 Å². The van der Waals surface area contributed by atoms with Crippen molar-refractivity contribution in [2.75, 3.05) is 5.32 Å². The Labute approximate surface area is 126 Å². The molecule has 5 heteroatoms. The molecular formula is C15H16BrN3O. The fourth-order valence-electron chi connectivity index (χ4n) is 2.65. The molecule has 2 heterocycles. The van der Waals surface area contributed by atoms with E-state index in [9.17, 15) is 4.79 Å². The summed E-state index contributed by atoms with van der Waals surface area (Å²) in [6.07, 6.45) is 2.34. The molecule has 0 aliphatic carbocycles. The number of hydrogen-bond donors (Lipinski definition) is 1. The highest BCUT2D eigenvalue weighted by molar-refractivity contribution is 9.10. The van der Waals surface area contributed by atoms with Crippen molar-refractivity contribution in [2.24, 2.45) is 0 Å². The molecule has 4 nitrogen and oxygen atoms in total. The van der Waals surface area contributed by atoms with Crippen molar-refractivity contribution in [3.8, 4) is 0 Å². The topological polar surface area (TPSA) is 46.9 Å². The molecule has 20 heavy (non-hydrogen) atoms. The number of amides is 1. The van der Waals surface area contributed by atoms with E-state index in [4.69, 9.17) is 0 Å². The summed E-state index contributed by atoms with van der Waals surface area (Å²) >= 11 is 3.49. The molecule has 1 aromatic carbocycles. The lowest BCUT2D eigenvalue weighted by atomic mass is 9.87. The van der Waals surface area contributed by atoms with Gasteiger partial charge in [0.25, 0.3) is 0 Å². The quantitative estimate of drug-likeness (QED) is 0.910. The highest BCUT2D eigenvalue weighted by Gasteiger charge is 2.30. The number of aromatic nitrogens is 2. The molecule has 0 saturated heterocycles. The number of nitrogens with zero attached hydrogens (tertiary/aromatic N) is 2. The fourth-order valence-corrected chi connectivity index (χ4v) is 3.07. The van der Waals surface area contributed by atoms with E-state index in [2.05, 4.69) is 52.3 Å². The Balaban J connectivity index is 2.09. The number of hydrogen-bond acceptors (Lipinski definition) is 2. The summed E-state index contributed by atoms with van der Waals surface area (Å²) in [5, 5.41) is 7.37. The van der Waals surface area contributed by atoms with Gasteiger partial charge in [-0.1, -0.05) is 28.1 Å². The zero-order valence-corrected chi connectivity index (χ0v) is 13.0. The summed E-state index contributed by atoms with van der Waals surface area (Å²) < 4.78 is 2.90.